The van der Waals surface area contributed by atoms with Gasteiger partial charge in [0.05, 0.1) is 18.5 Å². The number of hydrogen-bond acceptors (Lipinski definition) is 8. The Morgan fingerprint density at radius 1 is 1.11 bits per heavy atom. The summed E-state index contributed by atoms with van der Waals surface area (Å²) in [6.07, 6.45) is 3.20. The highest BCUT2D eigenvalue weighted by Crippen LogP contribution is 2.21. The fourth-order valence-electron chi connectivity index (χ4n) is 3.48. The molecule has 0 aliphatic carbocycles. The van der Waals surface area contributed by atoms with Crippen molar-refractivity contribution in [2.45, 2.75) is 13.3 Å². The summed E-state index contributed by atoms with van der Waals surface area (Å²) in [5.41, 5.74) is 2.70. The van der Waals surface area contributed by atoms with Crippen LogP contribution in [-0.2, 0) is 16.0 Å². The summed E-state index contributed by atoms with van der Waals surface area (Å²) in [4.78, 5) is 38.5. The van der Waals surface area contributed by atoms with Gasteiger partial charge in [-0.2, -0.15) is 4.98 Å². The molecule has 4 rings (SSSR count). The van der Waals surface area contributed by atoms with Crippen molar-refractivity contribution in [3.8, 4) is 11.4 Å². The lowest BCUT2D eigenvalue weighted by Gasteiger charge is -2.13. The van der Waals surface area contributed by atoms with E-state index in [2.05, 4.69) is 32.2 Å². The molecule has 2 aromatic carbocycles. The van der Waals surface area contributed by atoms with Gasteiger partial charge in [0, 0.05) is 18.5 Å². The van der Waals surface area contributed by atoms with Crippen LogP contribution >= 0.6 is 0 Å². The SMILES string of the molecule is C=CC(=O)Nc1cccc(-n2c(=O)c(CC)nc3cnc(Nc4ccc(OCCOC)cc4)nc32)c1. The van der Waals surface area contributed by atoms with E-state index in [4.69, 9.17) is 9.47 Å². The Morgan fingerprint density at radius 3 is 2.64 bits per heavy atom. The van der Waals surface area contributed by atoms with E-state index in [1.54, 1.807) is 37.6 Å². The summed E-state index contributed by atoms with van der Waals surface area (Å²) in [6, 6.07) is 14.3. The van der Waals surface area contributed by atoms with E-state index >= 15 is 0 Å². The summed E-state index contributed by atoms with van der Waals surface area (Å²) in [5, 5.41) is 5.86. The van der Waals surface area contributed by atoms with Gasteiger partial charge in [-0.15, -0.1) is 0 Å². The molecule has 0 saturated carbocycles. The predicted molar refractivity (Wildman–Crippen MR) is 138 cm³/mol. The minimum atomic E-state index is -0.350. The smallest absolute Gasteiger partial charge is 0.278 e. The van der Waals surface area contributed by atoms with E-state index < -0.39 is 0 Å². The zero-order valence-electron chi connectivity index (χ0n) is 20.0. The third-order valence-corrected chi connectivity index (χ3v) is 5.23. The Kier molecular flexibility index (Phi) is 7.66. The van der Waals surface area contributed by atoms with Gasteiger partial charge in [-0.3, -0.25) is 14.2 Å². The monoisotopic (exact) mass is 486 g/mol. The molecule has 0 fully saturated rings. The van der Waals surface area contributed by atoms with Crippen LogP contribution in [0.15, 0.2) is 72.2 Å². The maximum Gasteiger partial charge on any atom is 0.278 e. The van der Waals surface area contributed by atoms with E-state index in [0.717, 1.165) is 5.69 Å². The van der Waals surface area contributed by atoms with Crippen molar-refractivity contribution in [1.82, 2.24) is 19.5 Å². The quantitative estimate of drug-likeness (QED) is 0.258. The van der Waals surface area contributed by atoms with Crippen LogP contribution in [0, 0.1) is 0 Å². The molecule has 0 atom stereocenters. The fourth-order valence-corrected chi connectivity index (χ4v) is 3.48. The molecule has 0 bridgehead atoms. The van der Waals surface area contributed by atoms with Crippen molar-refractivity contribution in [2.75, 3.05) is 31.0 Å². The number of rotatable bonds is 10. The number of nitrogens with one attached hydrogen (secondary N) is 2. The molecule has 2 aromatic heterocycles. The number of ether oxygens (including phenoxy) is 2. The normalized spacial score (nSPS) is 10.7. The van der Waals surface area contributed by atoms with Crippen LogP contribution in [0.2, 0.25) is 0 Å². The van der Waals surface area contributed by atoms with Crippen LogP contribution in [0.25, 0.3) is 16.9 Å². The molecule has 0 spiro atoms. The largest absolute Gasteiger partial charge is 0.491 e. The lowest BCUT2D eigenvalue weighted by Crippen LogP contribution is -2.25. The minimum Gasteiger partial charge on any atom is -0.491 e. The third-order valence-electron chi connectivity index (χ3n) is 5.23. The van der Waals surface area contributed by atoms with E-state index in [-0.39, 0.29) is 11.5 Å². The zero-order valence-corrected chi connectivity index (χ0v) is 20.0. The average Bonchev–Trinajstić information content (AvgIpc) is 2.89. The number of carbonyl (C=O) groups is 1. The van der Waals surface area contributed by atoms with Gasteiger partial charge < -0.3 is 20.1 Å². The van der Waals surface area contributed by atoms with Gasteiger partial charge in [-0.1, -0.05) is 19.6 Å². The topological polar surface area (TPSA) is 120 Å². The molecule has 0 saturated heterocycles. The van der Waals surface area contributed by atoms with Crippen LogP contribution in [0.4, 0.5) is 17.3 Å². The number of nitrogens with zero attached hydrogens (tertiary/aromatic N) is 4. The molecule has 1 amide bonds. The van der Waals surface area contributed by atoms with Gasteiger partial charge in [0.15, 0.2) is 5.65 Å². The number of fused-ring (bicyclic) bond motifs is 1. The summed E-state index contributed by atoms with van der Waals surface area (Å²) in [5.74, 6) is 0.661. The Morgan fingerprint density at radius 2 is 1.92 bits per heavy atom. The predicted octanol–water partition coefficient (Wildman–Crippen LogP) is 3.63. The number of hydrogen-bond donors (Lipinski definition) is 2. The van der Waals surface area contributed by atoms with Gasteiger partial charge in [-0.25, -0.2) is 9.97 Å². The van der Waals surface area contributed by atoms with E-state index in [0.29, 0.717) is 59.6 Å². The van der Waals surface area contributed by atoms with Crippen LogP contribution in [-0.4, -0.2) is 45.7 Å². The summed E-state index contributed by atoms with van der Waals surface area (Å²) in [6.45, 7) is 6.29. The summed E-state index contributed by atoms with van der Waals surface area (Å²) < 4.78 is 12.1. The molecule has 2 heterocycles. The van der Waals surface area contributed by atoms with Crippen molar-refractivity contribution in [3.63, 3.8) is 0 Å². The molecule has 0 aliphatic rings. The highest BCUT2D eigenvalue weighted by Gasteiger charge is 2.15. The molecule has 10 heteroatoms. The van der Waals surface area contributed by atoms with Crippen LogP contribution in [0.3, 0.4) is 0 Å². The first-order valence-electron chi connectivity index (χ1n) is 11.3. The van der Waals surface area contributed by atoms with Crippen molar-refractivity contribution < 1.29 is 14.3 Å². The first kappa shape index (κ1) is 24.6. The molecule has 0 unspecified atom stereocenters. The van der Waals surface area contributed by atoms with E-state index in [9.17, 15) is 9.59 Å². The number of anilines is 3. The third kappa shape index (κ3) is 5.56. The van der Waals surface area contributed by atoms with Crippen molar-refractivity contribution in [3.05, 3.63) is 83.4 Å². The molecule has 2 N–H and O–H groups in total. The maximum absolute atomic E-state index is 13.3. The molecular formula is C26H26N6O4. The number of aryl methyl sites for hydroxylation is 1. The Balaban J connectivity index is 1.71. The van der Waals surface area contributed by atoms with Gasteiger partial charge in [0.2, 0.25) is 11.9 Å². The van der Waals surface area contributed by atoms with Gasteiger partial charge >= 0.3 is 0 Å². The second-order valence-electron chi connectivity index (χ2n) is 7.69. The van der Waals surface area contributed by atoms with E-state index in [1.807, 2.05) is 31.2 Å². The first-order valence-corrected chi connectivity index (χ1v) is 11.3. The second-order valence-corrected chi connectivity index (χ2v) is 7.69. The number of carbonyl (C=O) groups excluding carboxylic acids is 1. The standard InChI is InChI=1S/C26H26N6O4/c1-4-21-25(34)32(19-8-6-7-18(15-19)28-23(33)5-2)24-22(30-21)16-27-26(31-24)29-17-9-11-20(12-10-17)36-14-13-35-3/h5-12,15-16H,2,4,13-14H2,1,3H3,(H,28,33)(H,27,29,31). The lowest BCUT2D eigenvalue weighted by molar-refractivity contribution is -0.111. The van der Waals surface area contributed by atoms with Crippen molar-refractivity contribution >= 4 is 34.4 Å². The average molecular weight is 487 g/mol. The number of methoxy groups -OCH3 is 1. The van der Waals surface area contributed by atoms with Crippen LogP contribution in [0.1, 0.15) is 12.6 Å². The zero-order chi connectivity index (χ0) is 25.5. The molecular weight excluding hydrogens is 460 g/mol. The van der Waals surface area contributed by atoms with Crippen LogP contribution in [0.5, 0.6) is 5.75 Å². The fraction of sp³-hybridized carbons (Fsp3) is 0.192. The molecule has 4 aromatic rings. The highest BCUT2D eigenvalue weighted by molar-refractivity contribution is 5.99. The number of benzene rings is 2. The molecule has 0 radical (unpaired) electrons. The molecule has 36 heavy (non-hydrogen) atoms. The van der Waals surface area contributed by atoms with Crippen molar-refractivity contribution in [2.24, 2.45) is 0 Å². The van der Waals surface area contributed by atoms with Gasteiger partial charge in [0.25, 0.3) is 5.56 Å². The molecule has 10 nitrogen and oxygen atoms in total. The number of amides is 1. The highest BCUT2D eigenvalue weighted by atomic mass is 16.5. The van der Waals surface area contributed by atoms with Crippen LogP contribution < -0.4 is 20.9 Å². The van der Waals surface area contributed by atoms with E-state index in [1.165, 1.54) is 10.6 Å². The summed E-state index contributed by atoms with van der Waals surface area (Å²) in [7, 11) is 1.62. The lowest BCUT2D eigenvalue weighted by atomic mass is 10.2. The minimum absolute atomic E-state index is 0.292. The number of aromatic nitrogens is 4. The molecule has 184 valence electrons. The van der Waals surface area contributed by atoms with Gasteiger partial charge in [-0.05, 0) is 55.0 Å². The Hall–Kier alpha value is -4.57. The maximum atomic E-state index is 13.3. The molecule has 0 aliphatic heterocycles. The Labute approximate surface area is 207 Å². The summed E-state index contributed by atoms with van der Waals surface area (Å²) >= 11 is 0. The first-order chi connectivity index (χ1) is 17.5. The van der Waals surface area contributed by atoms with Gasteiger partial charge in [0.1, 0.15) is 23.6 Å². The van der Waals surface area contributed by atoms with Crippen molar-refractivity contribution in [1.29, 1.82) is 0 Å². The second kappa shape index (κ2) is 11.2. The Bertz CT molecular complexity index is 1450.